The fourth-order valence-corrected chi connectivity index (χ4v) is 7.08. The highest BCUT2D eigenvalue weighted by Crippen LogP contribution is 2.43. The molecule has 3 rings (SSSR count). The average molecular weight is 430 g/mol. The monoisotopic (exact) mass is 429 g/mol. The average Bonchev–Trinajstić information content (AvgIpc) is 2.83. The van der Waals surface area contributed by atoms with Crippen LogP contribution in [0.1, 0.15) is 63.6 Å². The third-order valence-electron chi connectivity index (χ3n) is 6.19. The summed E-state index contributed by atoms with van der Waals surface area (Å²) in [6, 6.07) is 14.4. The van der Waals surface area contributed by atoms with E-state index in [1.165, 1.54) is 6.92 Å². The van der Waals surface area contributed by atoms with Crippen LogP contribution in [0.4, 0.5) is 0 Å². The molecule has 162 valence electrons. The van der Waals surface area contributed by atoms with Gasteiger partial charge in [-0.15, -0.1) is 0 Å². The third kappa shape index (κ3) is 3.91. The van der Waals surface area contributed by atoms with Crippen LogP contribution in [-0.2, 0) is 14.6 Å². The quantitative estimate of drug-likeness (QED) is 0.704. The highest BCUT2D eigenvalue weighted by molar-refractivity contribution is 7.93. The number of carbonyl (C=O) groups excluding carboxylic acids is 1. The number of hydrogen-bond donors (Lipinski definition) is 1. The van der Waals surface area contributed by atoms with Gasteiger partial charge in [-0.25, -0.2) is 8.42 Å². The Morgan fingerprint density at radius 2 is 1.83 bits per heavy atom. The molecule has 2 aromatic rings. The molecule has 6 heteroatoms. The van der Waals surface area contributed by atoms with E-state index in [0.717, 1.165) is 18.4 Å². The topological polar surface area (TPSA) is 72.5 Å². The van der Waals surface area contributed by atoms with Crippen LogP contribution in [0.5, 0.6) is 5.75 Å². The van der Waals surface area contributed by atoms with Gasteiger partial charge in [0.25, 0.3) is 0 Å². The zero-order chi connectivity index (χ0) is 21.9. The maximum absolute atomic E-state index is 13.9. The van der Waals surface area contributed by atoms with E-state index in [0.29, 0.717) is 24.2 Å². The fourth-order valence-electron chi connectivity index (χ4n) is 4.68. The third-order valence-corrected chi connectivity index (χ3v) is 8.58. The molecule has 0 saturated carbocycles. The Morgan fingerprint density at radius 3 is 2.40 bits per heavy atom. The predicted octanol–water partition coefficient (Wildman–Crippen LogP) is 4.46. The molecule has 0 saturated heterocycles. The summed E-state index contributed by atoms with van der Waals surface area (Å²) in [5.41, 5.74) is 0.729. The van der Waals surface area contributed by atoms with Crippen LogP contribution in [0.3, 0.4) is 0 Å². The second-order valence-corrected chi connectivity index (χ2v) is 10.0. The SMILES string of the molecule is CCCC[C@@]1(CC)N[C@H](c2ccccc2)c2cc(OC)ccc2S(=O)(=O)C1C(C)=O. The van der Waals surface area contributed by atoms with E-state index in [2.05, 4.69) is 12.2 Å². The predicted molar refractivity (Wildman–Crippen MR) is 119 cm³/mol. The van der Waals surface area contributed by atoms with Crippen LogP contribution in [-0.4, -0.2) is 32.1 Å². The highest BCUT2D eigenvalue weighted by atomic mass is 32.2. The molecule has 1 aliphatic rings. The molecule has 0 radical (unpaired) electrons. The van der Waals surface area contributed by atoms with Gasteiger partial charge in [-0.1, -0.05) is 57.0 Å². The molecule has 2 aromatic carbocycles. The van der Waals surface area contributed by atoms with E-state index in [4.69, 9.17) is 4.74 Å². The van der Waals surface area contributed by atoms with Crippen LogP contribution in [0.25, 0.3) is 0 Å². The van der Waals surface area contributed by atoms with Gasteiger partial charge in [-0.05, 0) is 49.1 Å². The number of fused-ring (bicyclic) bond motifs is 1. The number of ketones is 1. The van der Waals surface area contributed by atoms with E-state index < -0.39 is 20.6 Å². The molecular weight excluding hydrogens is 398 g/mol. The minimum Gasteiger partial charge on any atom is -0.497 e. The van der Waals surface area contributed by atoms with Crippen LogP contribution < -0.4 is 10.1 Å². The van der Waals surface area contributed by atoms with Crippen LogP contribution in [0.15, 0.2) is 53.4 Å². The van der Waals surface area contributed by atoms with Crippen molar-refractivity contribution in [2.24, 2.45) is 0 Å². The number of unbranched alkanes of at least 4 members (excludes halogenated alkanes) is 1. The maximum atomic E-state index is 13.9. The van der Waals surface area contributed by atoms with Crippen LogP contribution in [0, 0.1) is 0 Å². The van der Waals surface area contributed by atoms with E-state index in [-0.39, 0.29) is 16.7 Å². The van der Waals surface area contributed by atoms with Crippen molar-refractivity contribution in [2.75, 3.05) is 7.11 Å². The van der Waals surface area contributed by atoms with E-state index in [1.807, 2.05) is 37.3 Å². The van der Waals surface area contributed by atoms with E-state index in [9.17, 15) is 13.2 Å². The molecule has 1 aliphatic heterocycles. The Labute approximate surface area is 179 Å². The summed E-state index contributed by atoms with van der Waals surface area (Å²) >= 11 is 0. The largest absolute Gasteiger partial charge is 0.497 e. The second kappa shape index (κ2) is 8.90. The molecular formula is C24H31NO4S. The Hall–Kier alpha value is -2.18. The first-order chi connectivity index (χ1) is 14.3. The van der Waals surface area contributed by atoms with Gasteiger partial charge >= 0.3 is 0 Å². The van der Waals surface area contributed by atoms with Crippen molar-refractivity contribution in [1.29, 1.82) is 0 Å². The van der Waals surface area contributed by atoms with Gasteiger partial charge in [0.2, 0.25) is 0 Å². The van der Waals surface area contributed by atoms with Crippen LogP contribution >= 0.6 is 0 Å². The lowest BCUT2D eigenvalue weighted by Gasteiger charge is -2.40. The minimum absolute atomic E-state index is 0.205. The van der Waals surface area contributed by atoms with Gasteiger partial charge < -0.3 is 4.74 Å². The van der Waals surface area contributed by atoms with Gasteiger partial charge in [-0.3, -0.25) is 10.1 Å². The molecule has 0 aromatic heterocycles. The lowest BCUT2D eigenvalue weighted by atomic mass is 9.82. The molecule has 0 bridgehead atoms. The first-order valence-electron chi connectivity index (χ1n) is 10.6. The summed E-state index contributed by atoms with van der Waals surface area (Å²) in [6.07, 6.45) is 2.90. The molecule has 0 amide bonds. The molecule has 0 spiro atoms. The standard InChI is InChI=1S/C24H31NO4S/c1-5-7-15-24(6-2)23(17(3)26)30(27,28)21-14-13-19(29-4)16-20(21)22(25-24)18-11-9-8-10-12-18/h8-14,16,22-23,25H,5-7,15H2,1-4H3/t22-,23?,24-/m1/s1. The molecule has 5 nitrogen and oxygen atoms in total. The number of carbonyl (C=O) groups is 1. The minimum atomic E-state index is -3.90. The number of benzene rings is 2. The van der Waals surface area contributed by atoms with Gasteiger partial charge in [-0.2, -0.15) is 0 Å². The van der Waals surface area contributed by atoms with Gasteiger partial charge in [0.15, 0.2) is 9.84 Å². The number of ether oxygens (including phenoxy) is 1. The summed E-state index contributed by atoms with van der Waals surface area (Å²) in [4.78, 5) is 13.0. The number of hydrogen-bond acceptors (Lipinski definition) is 5. The van der Waals surface area contributed by atoms with Crippen molar-refractivity contribution < 1.29 is 17.9 Å². The molecule has 1 heterocycles. The summed E-state index contributed by atoms with van der Waals surface area (Å²) in [5.74, 6) is 0.263. The Bertz CT molecular complexity index is 1000. The molecule has 0 aliphatic carbocycles. The molecule has 0 fully saturated rings. The number of Topliss-reactive ketones (excluding diaryl/α,β-unsaturated/α-hetero) is 1. The molecule has 30 heavy (non-hydrogen) atoms. The smallest absolute Gasteiger partial charge is 0.190 e. The van der Waals surface area contributed by atoms with E-state index >= 15 is 0 Å². The highest BCUT2D eigenvalue weighted by Gasteiger charge is 2.52. The summed E-state index contributed by atoms with van der Waals surface area (Å²) in [5, 5.41) is 2.53. The number of sulfone groups is 1. The lowest BCUT2D eigenvalue weighted by Crippen LogP contribution is -2.59. The van der Waals surface area contributed by atoms with Gasteiger partial charge in [0, 0.05) is 5.54 Å². The number of rotatable bonds is 7. The normalized spacial score (nSPS) is 25.2. The number of nitrogens with one attached hydrogen (secondary N) is 1. The zero-order valence-corrected chi connectivity index (χ0v) is 19.0. The van der Waals surface area contributed by atoms with Crippen molar-refractivity contribution >= 4 is 15.6 Å². The fraction of sp³-hybridized carbons (Fsp3) is 0.458. The van der Waals surface area contributed by atoms with Gasteiger partial charge in [0.05, 0.1) is 18.0 Å². The summed E-state index contributed by atoms with van der Waals surface area (Å²) < 4.78 is 33.2. The summed E-state index contributed by atoms with van der Waals surface area (Å²) in [6.45, 7) is 5.44. The summed E-state index contributed by atoms with van der Waals surface area (Å²) in [7, 11) is -2.34. The van der Waals surface area contributed by atoms with Crippen molar-refractivity contribution in [3.05, 3.63) is 59.7 Å². The van der Waals surface area contributed by atoms with Gasteiger partial charge in [0.1, 0.15) is 16.8 Å². The molecule has 3 atom stereocenters. The van der Waals surface area contributed by atoms with E-state index in [1.54, 1.807) is 25.3 Å². The molecule has 1 unspecified atom stereocenters. The lowest BCUT2D eigenvalue weighted by molar-refractivity contribution is -0.118. The van der Waals surface area contributed by atoms with Crippen molar-refractivity contribution in [1.82, 2.24) is 5.32 Å². The van der Waals surface area contributed by atoms with Crippen molar-refractivity contribution in [2.45, 2.75) is 68.2 Å². The maximum Gasteiger partial charge on any atom is 0.190 e. The number of methoxy groups -OCH3 is 1. The second-order valence-electron chi connectivity index (χ2n) is 8.04. The Kier molecular flexibility index (Phi) is 6.68. The zero-order valence-electron chi connectivity index (χ0n) is 18.1. The Balaban J connectivity index is 2.35. The van der Waals surface area contributed by atoms with Crippen LogP contribution in [0.2, 0.25) is 0 Å². The molecule has 1 N–H and O–H groups in total. The van der Waals surface area contributed by atoms with Crippen molar-refractivity contribution in [3.8, 4) is 5.75 Å². The first kappa shape index (κ1) is 22.5. The Morgan fingerprint density at radius 1 is 1.13 bits per heavy atom. The van der Waals surface area contributed by atoms with Crippen molar-refractivity contribution in [3.63, 3.8) is 0 Å². The first-order valence-corrected chi connectivity index (χ1v) is 12.1.